The summed E-state index contributed by atoms with van der Waals surface area (Å²) in [4.78, 5) is 11.3. The molecule has 14 heavy (non-hydrogen) atoms. The first-order chi connectivity index (χ1) is 6.13. The number of hydrogen-bond donors (Lipinski definition) is 2. The van der Waals surface area contributed by atoms with Crippen LogP contribution in [0.3, 0.4) is 0 Å². The number of hydrogen-bond acceptors (Lipinski definition) is 3. The number of nitrogens with two attached hydrogens (primary N) is 1. The molecular formula is C7H15BrN2O3S. The van der Waals surface area contributed by atoms with Crippen LogP contribution in [0, 0.1) is 0 Å². The van der Waals surface area contributed by atoms with Gasteiger partial charge in [0.1, 0.15) is 0 Å². The van der Waals surface area contributed by atoms with E-state index in [0.717, 1.165) is 0 Å². The van der Waals surface area contributed by atoms with E-state index in [0.29, 0.717) is 13.0 Å². The monoisotopic (exact) mass is 286 g/mol. The number of carbonyl (C=O) groups is 1. The molecule has 0 spiro atoms. The molecule has 0 saturated heterocycles. The van der Waals surface area contributed by atoms with Gasteiger partial charge >= 0.3 is 0 Å². The summed E-state index contributed by atoms with van der Waals surface area (Å²) < 4.78 is 20.4. The molecule has 0 aliphatic rings. The van der Waals surface area contributed by atoms with Gasteiger partial charge in [-0.05, 0) is 20.3 Å². The summed E-state index contributed by atoms with van der Waals surface area (Å²) >= 11 is 3.18. The van der Waals surface area contributed by atoms with Crippen molar-refractivity contribution in [2.24, 2.45) is 5.14 Å². The van der Waals surface area contributed by atoms with Gasteiger partial charge in [-0.2, -0.15) is 0 Å². The number of nitrogens with one attached hydrogen (secondary N) is 1. The lowest BCUT2D eigenvalue weighted by atomic mass is 10.2. The second kappa shape index (κ2) is 5.09. The van der Waals surface area contributed by atoms with E-state index in [1.807, 2.05) is 0 Å². The summed E-state index contributed by atoms with van der Waals surface area (Å²) in [5, 5.41) is 7.38. The highest BCUT2D eigenvalue weighted by Crippen LogP contribution is 2.14. The second-order valence-corrected chi connectivity index (χ2v) is 7.17. The fourth-order valence-electron chi connectivity index (χ4n) is 0.685. The largest absolute Gasteiger partial charge is 0.355 e. The topological polar surface area (TPSA) is 89.3 Å². The fourth-order valence-corrected chi connectivity index (χ4v) is 1.37. The Hall–Kier alpha value is -0.140. The zero-order chi connectivity index (χ0) is 11.4. The van der Waals surface area contributed by atoms with Gasteiger partial charge in [-0.25, -0.2) is 13.6 Å². The van der Waals surface area contributed by atoms with E-state index >= 15 is 0 Å². The third-order valence-electron chi connectivity index (χ3n) is 1.43. The Morgan fingerprint density at radius 1 is 1.50 bits per heavy atom. The maximum absolute atomic E-state index is 11.3. The molecule has 7 heteroatoms. The van der Waals surface area contributed by atoms with Crippen LogP contribution in [-0.2, 0) is 14.8 Å². The minimum atomic E-state index is -3.42. The van der Waals surface area contributed by atoms with Crippen molar-refractivity contribution in [1.82, 2.24) is 5.32 Å². The SMILES string of the molecule is CC(C)(Br)C(=O)NCCCS(N)(=O)=O. The predicted molar refractivity (Wildman–Crippen MR) is 58.6 cm³/mol. The van der Waals surface area contributed by atoms with Crippen LogP contribution in [0.1, 0.15) is 20.3 Å². The van der Waals surface area contributed by atoms with E-state index in [2.05, 4.69) is 21.2 Å². The Bertz CT molecular complexity index is 295. The van der Waals surface area contributed by atoms with Gasteiger partial charge in [-0.15, -0.1) is 0 Å². The Morgan fingerprint density at radius 2 is 2.00 bits per heavy atom. The first-order valence-electron chi connectivity index (χ1n) is 4.10. The molecular weight excluding hydrogens is 272 g/mol. The van der Waals surface area contributed by atoms with Crippen molar-refractivity contribution in [1.29, 1.82) is 0 Å². The molecule has 0 aromatic carbocycles. The van der Waals surface area contributed by atoms with Gasteiger partial charge in [-0.3, -0.25) is 4.79 Å². The summed E-state index contributed by atoms with van der Waals surface area (Å²) in [6.45, 7) is 3.73. The average molecular weight is 287 g/mol. The molecule has 0 aliphatic heterocycles. The standard InChI is InChI=1S/C7H15BrN2O3S/c1-7(2,8)6(11)10-4-3-5-14(9,12)13/h3-5H2,1-2H3,(H,10,11)(H2,9,12,13). The molecule has 0 radical (unpaired) electrons. The molecule has 0 aromatic rings. The van der Waals surface area contributed by atoms with Crippen molar-refractivity contribution < 1.29 is 13.2 Å². The van der Waals surface area contributed by atoms with Crippen molar-refractivity contribution in [2.75, 3.05) is 12.3 Å². The molecule has 5 nitrogen and oxygen atoms in total. The molecule has 0 bridgehead atoms. The van der Waals surface area contributed by atoms with Gasteiger partial charge in [0.25, 0.3) is 0 Å². The average Bonchev–Trinajstić information content (AvgIpc) is 1.93. The van der Waals surface area contributed by atoms with Gasteiger partial charge in [0.05, 0.1) is 10.1 Å². The smallest absolute Gasteiger partial charge is 0.236 e. The van der Waals surface area contributed by atoms with Crippen LogP contribution in [0.5, 0.6) is 0 Å². The summed E-state index contributed by atoms with van der Waals surface area (Å²) in [7, 11) is -3.42. The highest BCUT2D eigenvalue weighted by Gasteiger charge is 2.22. The second-order valence-electron chi connectivity index (χ2n) is 3.45. The van der Waals surface area contributed by atoms with Crippen molar-refractivity contribution in [3.63, 3.8) is 0 Å². The first-order valence-corrected chi connectivity index (χ1v) is 6.61. The zero-order valence-electron chi connectivity index (χ0n) is 8.21. The lowest BCUT2D eigenvalue weighted by Crippen LogP contribution is -2.38. The van der Waals surface area contributed by atoms with Gasteiger partial charge in [0, 0.05) is 6.54 Å². The number of amides is 1. The Balaban J connectivity index is 3.72. The van der Waals surface area contributed by atoms with Crippen molar-refractivity contribution in [2.45, 2.75) is 24.6 Å². The lowest BCUT2D eigenvalue weighted by molar-refractivity contribution is -0.122. The molecule has 0 heterocycles. The molecule has 0 aliphatic carbocycles. The molecule has 0 aromatic heterocycles. The van der Waals surface area contributed by atoms with Crippen molar-refractivity contribution >= 4 is 31.9 Å². The Labute approximate surface area is 92.6 Å². The minimum Gasteiger partial charge on any atom is -0.355 e. The fraction of sp³-hybridized carbons (Fsp3) is 0.857. The third-order valence-corrected chi connectivity index (χ3v) is 2.65. The Morgan fingerprint density at radius 3 is 2.36 bits per heavy atom. The predicted octanol–water partition coefficient (Wildman–Crippen LogP) is -0.0453. The number of sulfonamides is 1. The van der Waals surface area contributed by atoms with E-state index in [1.165, 1.54) is 0 Å². The summed E-state index contributed by atoms with van der Waals surface area (Å²) in [6, 6.07) is 0. The molecule has 0 unspecified atom stereocenters. The van der Waals surface area contributed by atoms with Gasteiger partial charge in [0.15, 0.2) is 0 Å². The molecule has 1 amide bonds. The number of carbonyl (C=O) groups excluding carboxylic acids is 1. The van der Waals surface area contributed by atoms with Crippen molar-refractivity contribution in [3.8, 4) is 0 Å². The minimum absolute atomic E-state index is 0.115. The summed E-state index contributed by atoms with van der Waals surface area (Å²) in [5.41, 5.74) is 0. The number of primary sulfonamides is 1. The normalized spacial score (nSPS) is 12.6. The van der Waals surface area contributed by atoms with Crippen molar-refractivity contribution in [3.05, 3.63) is 0 Å². The van der Waals surface area contributed by atoms with Crippen LogP contribution < -0.4 is 10.5 Å². The molecule has 84 valence electrons. The first kappa shape index (κ1) is 13.9. The van der Waals surface area contributed by atoms with E-state index in [9.17, 15) is 13.2 Å². The van der Waals surface area contributed by atoms with Gasteiger partial charge < -0.3 is 5.32 Å². The van der Waals surface area contributed by atoms with E-state index in [-0.39, 0.29) is 11.7 Å². The van der Waals surface area contributed by atoms with Crippen LogP contribution in [-0.4, -0.2) is 30.9 Å². The summed E-state index contributed by atoms with van der Waals surface area (Å²) in [6.07, 6.45) is 0.327. The van der Waals surface area contributed by atoms with E-state index < -0.39 is 14.3 Å². The molecule has 3 N–H and O–H groups in total. The van der Waals surface area contributed by atoms with E-state index in [1.54, 1.807) is 13.8 Å². The third kappa shape index (κ3) is 7.28. The molecule has 0 rings (SSSR count). The highest BCUT2D eigenvalue weighted by molar-refractivity contribution is 9.10. The summed E-state index contributed by atoms with van der Waals surface area (Å²) in [5.74, 6) is -0.289. The number of halogens is 1. The lowest BCUT2D eigenvalue weighted by Gasteiger charge is -2.15. The molecule has 0 saturated carbocycles. The quantitative estimate of drug-likeness (QED) is 0.549. The maximum atomic E-state index is 11.3. The van der Waals surface area contributed by atoms with Gasteiger partial charge in [0.2, 0.25) is 15.9 Å². The maximum Gasteiger partial charge on any atom is 0.236 e. The highest BCUT2D eigenvalue weighted by atomic mass is 79.9. The number of alkyl halides is 1. The molecule has 0 atom stereocenters. The number of rotatable bonds is 5. The van der Waals surface area contributed by atoms with E-state index in [4.69, 9.17) is 5.14 Å². The van der Waals surface area contributed by atoms with Crippen LogP contribution >= 0.6 is 15.9 Å². The van der Waals surface area contributed by atoms with Crippen LogP contribution in [0.25, 0.3) is 0 Å². The van der Waals surface area contributed by atoms with Gasteiger partial charge in [-0.1, -0.05) is 15.9 Å². The Kier molecular flexibility index (Phi) is 5.03. The zero-order valence-corrected chi connectivity index (χ0v) is 10.6. The van der Waals surface area contributed by atoms with Crippen LogP contribution in [0.15, 0.2) is 0 Å². The van der Waals surface area contributed by atoms with Crippen LogP contribution in [0.4, 0.5) is 0 Å². The van der Waals surface area contributed by atoms with Crippen LogP contribution in [0.2, 0.25) is 0 Å². The molecule has 0 fully saturated rings.